The number of ether oxygens (including phenoxy) is 1. The van der Waals surface area contributed by atoms with Crippen LogP contribution < -0.4 is 10.1 Å². The Balaban J connectivity index is 1.75. The summed E-state index contributed by atoms with van der Waals surface area (Å²) in [6.45, 7) is 4.10. The lowest BCUT2D eigenvalue weighted by molar-refractivity contribution is 0.412. The van der Waals surface area contributed by atoms with Gasteiger partial charge in [-0.2, -0.15) is 5.10 Å². The number of fused-ring (bicyclic) bond motifs is 1. The van der Waals surface area contributed by atoms with Crippen molar-refractivity contribution in [2.75, 3.05) is 19.0 Å². The molecule has 0 aliphatic carbocycles. The number of hydrogen-bond acceptors (Lipinski definition) is 3. The molecule has 4 nitrogen and oxygen atoms in total. The van der Waals surface area contributed by atoms with E-state index < -0.39 is 0 Å². The maximum atomic E-state index is 5.32. The molecule has 2 heterocycles. The van der Waals surface area contributed by atoms with Crippen LogP contribution in [0.15, 0.2) is 30.3 Å². The molecule has 2 aromatic rings. The summed E-state index contributed by atoms with van der Waals surface area (Å²) in [5.41, 5.74) is 2.50. The van der Waals surface area contributed by atoms with Crippen LogP contribution in [-0.2, 0) is 13.0 Å². The molecule has 112 valence electrons. The predicted molar refractivity (Wildman–Crippen MR) is 85.1 cm³/mol. The maximum Gasteiger partial charge on any atom is 0.124 e. The summed E-state index contributed by atoms with van der Waals surface area (Å²) in [6.07, 6.45) is 3.49. The van der Waals surface area contributed by atoms with Gasteiger partial charge in [-0.1, -0.05) is 25.5 Å². The predicted octanol–water partition coefficient (Wildman–Crippen LogP) is 3.44. The van der Waals surface area contributed by atoms with E-state index in [-0.39, 0.29) is 0 Å². The van der Waals surface area contributed by atoms with Crippen LogP contribution >= 0.6 is 0 Å². The Morgan fingerprint density at radius 3 is 3.10 bits per heavy atom. The van der Waals surface area contributed by atoms with Crippen LogP contribution in [0.1, 0.15) is 36.9 Å². The molecule has 1 aromatic carbocycles. The Kier molecular flexibility index (Phi) is 4.13. The zero-order valence-electron chi connectivity index (χ0n) is 12.8. The third kappa shape index (κ3) is 3.04. The van der Waals surface area contributed by atoms with Crippen molar-refractivity contribution < 1.29 is 4.74 Å². The smallest absolute Gasteiger partial charge is 0.124 e. The normalized spacial score (nSPS) is 17.1. The molecule has 3 rings (SSSR count). The second-order valence-corrected chi connectivity index (χ2v) is 5.66. The number of unbranched alkanes of at least 4 members (excludes halogenated alkanes) is 1. The van der Waals surface area contributed by atoms with Crippen molar-refractivity contribution in [3.05, 3.63) is 41.6 Å². The monoisotopic (exact) mass is 285 g/mol. The van der Waals surface area contributed by atoms with E-state index in [9.17, 15) is 0 Å². The van der Waals surface area contributed by atoms with E-state index in [0.717, 1.165) is 31.1 Å². The summed E-state index contributed by atoms with van der Waals surface area (Å²) in [5, 5.41) is 8.23. The van der Waals surface area contributed by atoms with Gasteiger partial charge in [-0.15, -0.1) is 0 Å². The Hall–Kier alpha value is -1.97. The standard InChI is InChI=1S/C17H23N3O/c1-3-4-7-15-10-17-18-11-14(12-20(17)19-15)13-6-5-8-16(9-13)21-2/h5-6,8-10,14,18H,3-4,7,11-12H2,1-2H3. The van der Waals surface area contributed by atoms with Gasteiger partial charge in [0.1, 0.15) is 11.6 Å². The van der Waals surface area contributed by atoms with Gasteiger partial charge in [-0.25, -0.2) is 4.68 Å². The van der Waals surface area contributed by atoms with E-state index in [1.165, 1.54) is 24.1 Å². The molecule has 1 aliphatic heterocycles. The minimum Gasteiger partial charge on any atom is -0.497 e. The Bertz CT molecular complexity index is 606. The van der Waals surface area contributed by atoms with Crippen molar-refractivity contribution in [1.82, 2.24) is 9.78 Å². The highest BCUT2D eigenvalue weighted by atomic mass is 16.5. The van der Waals surface area contributed by atoms with Crippen LogP contribution in [0.3, 0.4) is 0 Å². The highest BCUT2D eigenvalue weighted by Crippen LogP contribution is 2.28. The number of aryl methyl sites for hydroxylation is 1. The van der Waals surface area contributed by atoms with E-state index >= 15 is 0 Å². The summed E-state index contributed by atoms with van der Waals surface area (Å²) >= 11 is 0. The molecule has 0 spiro atoms. The number of methoxy groups -OCH3 is 1. The van der Waals surface area contributed by atoms with Crippen molar-refractivity contribution >= 4 is 5.82 Å². The first-order chi connectivity index (χ1) is 10.3. The Morgan fingerprint density at radius 1 is 1.38 bits per heavy atom. The van der Waals surface area contributed by atoms with E-state index in [1.54, 1.807) is 7.11 Å². The Labute approximate surface area is 126 Å². The second-order valence-electron chi connectivity index (χ2n) is 5.66. The molecule has 0 saturated heterocycles. The molecule has 1 N–H and O–H groups in total. The zero-order chi connectivity index (χ0) is 14.7. The minimum absolute atomic E-state index is 0.437. The number of hydrogen-bond donors (Lipinski definition) is 1. The molecule has 0 fully saturated rings. The number of anilines is 1. The van der Waals surface area contributed by atoms with Gasteiger partial charge in [0.05, 0.1) is 19.3 Å². The molecular weight excluding hydrogens is 262 g/mol. The van der Waals surface area contributed by atoms with E-state index in [4.69, 9.17) is 9.84 Å². The van der Waals surface area contributed by atoms with E-state index in [1.807, 2.05) is 6.07 Å². The van der Waals surface area contributed by atoms with Gasteiger partial charge in [-0.05, 0) is 30.5 Å². The molecule has 21 heavy (non-hydrogen) atoms. The minimum atomic E-state index is 0.437. The number of benzene rings is 1. The molecule has 1 atom stereocenters. The molecule has 1 unspecified atom stereocenters. The van der Waals surface area contributed by atoms with E-state index in [2.05, 4.69) is 41.2 Å². The second kappa shape index (κ2) is 6.20. The topological polar surface area (TPSA) is 39.1 Å². The van der Waals surface area contributed by atoms with Crippen molar-refractivity contribution in [3.8, 4) is 5.75 Å². The summed E-state index contributed by atoms with van der Waals surface area (Å²) in [5.74, 6) is 2.51. The van der Waals surface area contributed by atoms with E-state index in [0.29, 0.717) is 5.92 Å². The van der Waals surface area contributed by atoms with Gasteiger partial charge < -0.3 is 10.1 Å². The van der Waals surface area contributed by atoms with Gasteiger partial charge in [0.15, 0.2) is 0 Å². The summed E-state index contributed by atoms with van der Waals surface area (Å²) in [4.78, 5) is 0. The Morgan fingerprint density at radius 2 is 2.29 bits per heavy atom. The number of nitrogens with zero attached hydrogens (tertiary/aromatic N) is 2. The van der Waals surface area contributed by atoms with Gasteiger partial charge in [0, 0.05) is 18.5 Å². The van der Waals surface area contributed by atoms with Gasteiger partial charge in [-0.3, -0.25) is 0 Å². The first kappa shape index (κ1) is 14.0. The summed E-state index contributed by atoms with van der Waals surface area (Å²) in [7, 11) is 1.71. The van der Waals surface area contributed by atoms with Crippen LogP contribution in [0, 0.1) is 0 Å². The fourth-order valence-electron chi connectivity index (χ4n) is 2.85. The van der Waals surface area contributed by atoms with Gasteiger partial charge >= 0.3 is 0 Å². The molecule has 0 saturated carbocycles. The lowest BCUT2D eigenvalue weighted by Gasteiger charge is -2.25. The fourth-order valence-corrected chi connectivity index (χ4v) is 2.85. The number of nitrogens with one attached hydrogen (secondary N) is 1. The first-order valence-electron chi connectivity index (χ1n) is 7.74. The first-order valence-corrected chi connectivity index (χ1v) is 7.74. The molecule has 0 amide bonds. The average Bonchev–Trinajstić information content (AvgIpc) is 2.94. The average molecular weight is 285 g/mol. The molecular formula is C17H23N3O. The molecule has 1 aromatic heterocycles. The lowest BCUT2D eigenvalue weighted by Crippen LogP contribution is -2.26. The highest BCUT2D eigenvalue weighted by molar-refractivity contribution is 5.41. The van der Waals surface area contributed by atoms with Crippen LogP contribution in [-0.4, -0.2) is 23.4 Å². The van der Waals surface area contributed by atoms with Crippen molar-refractivity contribution in [2.24, 2.45) is 0 Å². The van der Waals surface area contributed by atoms with Crippen LogP contribution in [0.25, 0.3) is 0 Å². The lowest BCUT2D eigenvalue weighted by atomic mass is 9.97. The van der Waals surface area contributed by atoms with Crippen LogP contribution in [0.5, 0.6) is 5.75 Å². The third-order valence-electron chi connectivity index (χ3n) is 4.11. The van der Waals surface area contributed by atoms with Crippen LogP contribution in [0.4, 0.5) is 5.82 Å². The molecule has 0 radical (unpaired) electrons. The van der Waals surface area contributed by atoms with Crippen molar-refractivity contribution in [1.29, 1.82) is 0 Å². The quantitative estimate of drug-likeness (QED) is 0.914. The highest BCUT2D eigenvalue weighted by Gasteiger charge is 2.21. The van der Waals surface area contributed by atoms with Crippen molar-refractivity contribution in [2.45, 2.75) is 38.6 Å². The van der Waals surface area contributed by atoms with Gasteiger partial charge in [0.2, 0.25) is 0 Å². The van der Waals surface area contributed by atoms with Gasteiger partial charge in [0.25, 0.3) is 0 Å². The summed E-state index contributed by atoms with van der Waals surface area (Å²) in [6, 6.07) is 10.5. The third-order valence-corrected chi connectivity index (χ3v) is 4.11. The number of aromatic nitrogens is 2. The maximum absolute atomic E-state index is 5.32. The zero-order valence-corrected chi connectivity index (χ0v) is 12.8. The number of rotatable bonds is 5. The van der Waals surface area contributed by atoms with Crippen LogP contribution in [0.2, 0.25) is 0 Å². The SMILES string of the molecule is CCCCc1cc2n(n1)CC(c1cccc(OC)c1)CN2. The largest absolute Gasteiger partial charge is 0.497 e. The molecule has 0 bridgehead atoms. The summed E-state index contributed by atoms with van der Waals surface area (Å²) < 4.78 is 7.43. The molecule has 1 aliphatic rings. The molecule has 4 heteroatoms. The van der Waals surface area contributed by atoms with Crippen molar-refractivity contribution in [3.63, 3.8) is 0 Å². The fraction of sp³-hybridized carbons (Fsp3) is 0.471.